The van der Waals surface area contributed by atoms with Crippen LogP contribution in [0, 0.1) is 13.8 Å². The second-order valence-electron chi connectivity index (χ2n) is 6.34. The molecule has 1 aliphatic rings. The monoisotopic (exact) mass is 374 g/mol. The van der Waals surface area contributed by atoms with Crippen LogP contribution in [0.2, 0.25) is 0 Å². The highest BCUT2D eigenvalue weighted by Gasteiger charge is 2.23. The van der Waals surface area contributed by atoms with Crippen molar-refractivity contribution in [1.29, 1.82) is 0 Å². The Morgan fingerprint density at radius 2 is 2.12 bits per heavy atom. The van der Waals surface area contributed by atoms with Crippen LogP contribution in [0.25, 0.3) is 10.2 Å². The van der Waals surface area contributed by atoms with E-state index >= 15 is 0 Å². The van der Waals surface area contributed by atoms with E-state index in [0.29, 0.717) is 33.0 Å². The van der Waals surface area contributed by atoms with Gasteiger partial charge in [-0.25, -0.2) is 9.78 Å². The molecule has 0 amide bonds. The lowest BCUT2D eigenvalue weighted by molar-refractivity contribution is 0.0435. The number of thiophene rings is 1. The van der Waals surface area contributed by atoms with E-state index in [1.807, 2.05) is 0 Å². The van der Waals surface area contributed by atoms with Crippen LogP contribution in [0.15, 0.2) is 9.32 Å². The third-order valence-corrected chi connectivity index (χ3v) is 5.66. The Morgan fingerprint density at radius 3 is 2.88 bits per heavy atom. The van der Waals surface area contributed by atoms with E-state index in [2.05, 4.69) is 15.1 Å². The molecule has 3 aromatic rings. The molecule has 0 N–H and O–H groups in total. The van der Waals surface area contributed by atoms with Crippen LogP contribution in [0.4, 0.5) is 0 Å². The largest absolute Gasteiger partial charge is 0.451 e. The number of fused-ring (bicyclic) bond motifs is 2. The predicted molar refractivity (Wildman–Crippen MR) is 94.3 cm³/mol. The maximum Gasteiger partial charge on any atom is 0.349 e. The fourth-order valence-corrected chi connectivity index (χ4v) is 4.28. The first-order valence-electron chi connectivity index (χ1n) is 8.53. The molecule has 0 unspecified atom stereocenters. The molecule has 0 atom stereocenters. The summed E-state index contributed by atoms with van der Waals surface area (Å²) in [5.41, 5.74) is 0.556. The van der Waals surface area contributed by atoms with Crippen molar-refractivity contribution in [1.82, 2.24) is 19.7 Å². The Labute approximate surface area is 152 Å². The molecule has 1 aliphatic heterocycles. The van der Waals surface area contributed by atoms with Crippen LogP contribution in [0.3, 0.4) is 0 Å². The molecule has 0 fully saturated rings. The summed E-state index contributed by atoms with van der Waals surface area (Å²) in [6, 6.07) is 0. The van der Waals surface area contributed by atoms with Gasteiger partial charge in [-0.1, -0.05) is 11.6 Å². The molecule has 26 heavy (non-hydrogen) atoms. The summed E-state index contributed by atoms with van der Waals surface area (Å²) in [5, 5.41) is 4.17. The Morgan fingerprint density at radius 1 is 1.27 bits per heavy atom. The van der Waals surface area contributed by atoms with Crippen molar-refractivity contribution < 1.29 is 14.1 Å². The number of hydrogen-bond acceptors (Lipinski definition) is 8. The van der Waals surface area contributed by atoms with Gasteiger partial charge in [-0.2, -0.15) is 4.98 Å². The minimum atomic E-state index is -0.513. The van der Waals surface area contributed by atoms with E-state index in [9.17, 15) is 9.59 Å². The minimum absolute atomic E-state index is 0.0628. The molecule has 0 saturated carbocycles. The molecule has 8 nitrogen and oxygen atoms in total. The summed E-state index contributed by atoms with van der Waals surface area (Å²) < 4.78 is 12.0. The smallest absolute Gasteiger partial charge is 0.349 e. The maximum atomic E-state index is 12.9. The Bertz CT molecular complexity index is 1050. The van der Waals surface area contributed by atoms with E-state index in [-0.39, 0.29) is 18.1 Å². The second kappa shape index (κ2) is 6.64. The topological polar surface area (TPSA) is 100 Å². The van der Waals surface area contributed by atoms with Gasteiger partial charge in [0.25, 0.3) is 11.4 Å². The number of nitrogens with zero attached hydrogens (tertiary/aromatic N) is 4. The van der Waals surface area contributed by atoms with E-state index in [4.69, 9.17) is 9.26 Å². The van der Waals surface area contributed by atoms with Gasteiger partial charge in [-0.3, -0.25) is 9.36 Å². The van der Waals surface area contributed by atoms with E-state index in [1.165, 1.54) is 11.3 Å². The summed E-state index contributed by atoms with van der Waals surface area (Å²) in [7, 11) is 0. The normalized spacial score (nSPS) is 14.2. The molecule has 136 valence electrons. The van der Waals surface area contributed by atoms with Crippen LogP contribution in [0.5, 0.6) is 0 Å². The quantitative estimate of drug-likeness (QED) is 0.649. The number of ether oxygens (including phenoxy) is 1. The zero-order chi connectivity index (χ0) is 18.3. The van der Waals surface area contributed by atoms with E-state index < -0.39 is 5.97 Å². The van der Waals surface area contributed by atoms with E-state index in [1.54, 1.807) is 18.4 Å². The van der Waals surface area contributed by atoms with Crippen molar-refractivity contribution in [3.8, 4) is 0 Å². The summed E-state index contributed by atoms with van der Waals surface area (Å²) in [5.74, 6) is 1.01. The number of carbonyl (C=O) groups excluding carboxylic acids is 1. The number of rotatable bonds is 3. The Hall–Kier alpha value is -2.55. The van der Waals surface area contributed by atoms with Crippen LogP contribution in [-0.4, -0.2) is 25.7 Å². The van der Waals surface area contributed by atoms with Crippen molar-refractivity contribution >= 4 is 27.5 Å². The molecule has 3 aromatic heterocycles. The zero-order valence-electron chi connectivity index (χ0n) is 14.6. The van der Waals surface area contributed by atoms with Crippen LogP contribution < -0.4 is 5.56 Å². The maximum absolute atomic E-state index is 12.9. The van der Waals surface area contributed by atoms with Gasteiger partial charge in [0, 0.05) is 13.0 Å². The Balaban J connectivity index is 1.68. The van der Waals surface area contributed by atoms with Gasteiger partial charge in [0.05, 0.1) is 5.39 Å². The molecule has 0 aromatic carbocycles. The molecule has 0 spiro atoms. The predicted octanol–water partition coefficient (Wildman–Crippen LogP) is 2.54. The van der Waals surface area contributed by atoms with Crippen molar-refractivity contribution in [2.75, 3.05) is 0 Å². The molecule has 0 aliphatic carbocycles. The highest BCUT2D eigenvalue weighted by atomic mass is 32.1. The minimum Gasteiger partial charge on any atom is -0.451 e. The SMILES string of the molecule is Cc1noc(COC(=O)c2sc3nc4n(c(=O)c3c2C)CCCCC4)n1. The fourth-order valence-electron chi connectivity index (χ4n) is 3.20. The summed E-state index contributed by atoms with van der Waals surface area (Å²) >= 11 is 1.20. The number of aromatic nitrogens is 4. The van der Waals surface area contributed by atoms with Gasteiger partial charge in [0.2, 0.25) is 0 Å². The van der Waals surface area contributed by atoms with Crippen LogP contribution >= 0.6 is 11.3 Å². The Kier molecular flexibility index (Phi) is 4.31. The van der Waals surface area contributed by atoms with Crippen molar-refractivity contribution in [2.45, 2.75) is 52.7 Å². The van der Waals surface area contributed by atoms with Gasteiger partial charge in [0.15, 0.2) is 12.4 Å². The number of esters is 1. The number of aryl methyl sites for hydroxylation is 3. The van der Waals surface area contributed by atoms with Gasteiger partial charge in [-0.15, -0.1) is 11.3 Å². The first-order chi connectivity index (χ1) is 12.5. The lowest BCUT2D eigenvalue weighted by Crippen LogP contribution is -2.24. The van der Waals surface area contributed by atoms with Crippen LogP contribution in [0.1, 0.15) is 52.0 Å². The van der Waals surface area contributed by atoms with Crippen molar-refractivity contribution in [2.24, 2.45) is 0 Å². The molecule has 0 saturated heterocycles. The van der Waals surface area contributed by atoms with Crippen molar-refractivity contribution in [3.63, 3.8) is 0 Å². The van der Waals surface area contributed by atoms with Gasteiger partial charge in [-0.05, 0) is 32.3 Å². The first kappa shape index (κ1) is 16.9. The van der Waals surface area contributed by atoms with Gasteiger partial charge >= 0.3 is 5.97 Å². The summed E-state index contributed by atoms with van der Waals surface area (Å²) in [6.07, 6.45) is 3.89. The third kappa shape index (κ3) is 2.92. The number of carbonyl (C=O) groups is 1. The second-order valence-corrected chi connectivity index (χ2v) is 7.34. The third-order valence-electron chi connectivity index (χ3n) is 4.49. The van der Waals surface area contributed by atoms with Crippen molar-refractivity contribution in [3.05, 3.63) is 38.3 Å². The lowest BCUT2D eigenvalue weighted by atomic mass is 10.2. The molecule has 4 heterocycles. The molecule has 4 rings (SSSR count). The zero-order valence-corrected chi connectivity index (χ0v) is 15.4. The van der Waals surface area contributed by atoms with Crippen LogP contribution in [-0.2, 0) is 24.3 Å². The molecule has 0 bridgehead atoms. The van der Waals surface area contributed by atoms with Gasteiger partial charge < -0.3 is 9.26 Å². The summed E-state index contributed by atoms with van der Waals surface area (Å²) in [4.78, 5) is 35.0. The molecule has 0 radical (unpaired) electrons. The standard InChI is InChI=1S/C17H18N4O4S/c1-9-13-15(19-11-6-4-3-5-7-21(11)16(13)22)26-14(9)17(23)24-8-12-18-10(2)20-25-12/h3-8H2,1-2H3. The summed E-state index contributed by atoms with van der Waals surface area (Å²) in [6.45, 7) is 4.03. The molecular weight excluding hydrogens is 356 g/mol. The number of hydrogen-bond donors (Lipinski definition) is 0. The first-order valence-corrected chi connectivity index (χ1v) is 9.35. The molecule has 9 heteroatoms. The van der Waals surface area contributed by atoms with Gasteiger partial charge in [0.1, 0.15) is 15.5 Å². The fraction of sp³-hybridized carbons (Fsp3) is 0.471. The average Bonchev–Trinajstić information content (AvgIpc) is 3.08. The van der Waals surface area contributed by atoms with E-state index in [0.717, 1.165) is 31.5 Å². The molecular formula is C17H18N4O4S. The highest BCUT2D eigenvalue weighted by molar-refractivity contribution is 7.20. The lowest BCUT2D eigenvalue weighted by Gasteiger charge is -2.08. The highest BCUT2D eigenvalue weighted by Crippen LogP contribution is 2.29. The average molecular weight is 374 g/mol.